The molecule has 0 amide bonds. The van der Waals surface area contributed by atoms with Gasteiger partial charge < -0.3 is 5.73 Å². The SMILES string of the molecule is NC/C(=C\F)CCc1ccc2c(c1)CC(CCCc1ccccc1)=N2. The summed E-state index contributed by atoms with van der Waals surface area (Å²) in [5, 5.41) is 0. The molecular weight excluding hydrogens is 311 g/mol. The summed E-state index contributed by atoms with van der Waals surface area (Å²) in [7, 11) is 0. The highest BCUT2D eigenvalue weighted by atomic mass is 19.1. The van der Waals surface area contributed by atoms with Gasteiger partial charge in [-0.2, -0.15) is 0 Å². The van der Waals surface area contributed by atoms with Crippen molar-refractivity contribution >= 4 is 11.4 Å². The van der Waals surface area contributed by atoms with Gasteiger partial charge in [0.2, 0.25) is 0 Å². The second-order valence-corrected chi connectivity index (χ2v) is 6.63. The normalized spacial score (nSPS) is 13.7. The molecule has 2 aromatic carbocycles. The molecule has 0 saturated heterocycles. The van der Waals surface area contributed by atoms with Crippen molar-refractivity contribution in [2.45, 2.75) is 38.5 Å². The number of nitrogens with two attached hydrogens (primary N) is 1. The molecule has 3 heteroatoms. The fraction of sp³-hybridized carbons (Fsp3) is 0.318. The maximum atomic E-state index is 12.6. The van der Waals surface area contributed by atoms with Crippen molar-refractivity contribution in [3.63, 3.8) is 0 Å². The largest absolute Gasteiger partial charge is 0.327 e. The minimum absolute atomic E-state index is 0.288. The Morgan fingerprint density at radius 2 is 1.88 bits per heavy atom. The van der Waals surface area contributed by atoms with Crippen LogP contribution in [0.4, 0.5) is 10.1 Å². The van der Waals surface area contributed by atoms with E-state index in [0.717, 1.165) is 37.8 Å². The van der Waals surface area contributed by atoms with Crippen molar-refractivity contribution in [2.24, 2.45) is 10.7 Å². The Morgan fingerprint density at radius 3 is 2.64 bits per heavy atom. The molecule has 0 aromatic heterocycles. The minimum atomic E-state index is 0.288. The van der Waals surface area contributed by atoms with Crippen molar-refractivity contribution < 1.29 is 4.39 Å². The van der Waals surface area contributed by atoms with E-state index in [1.807, 2.05) is 0 Å². The molecule has 3 rings (SSSR count). The van der Waals surface area contributed by atoms with E-state index in [1.165, 1.54) is 22.4 Å². The number of rotatable bonds is 8. The summed E-state index contributed by atoms with van der Waals surface area (Å²) in [6.07, 6.45) is 6.35. The van der Waals surface area contributed by atoms with Gasteiger partial charge >= 0.3 is 0 Å². The van der Waals surface area contributed by atoms with Crippen molar-refractivity contribution in [1.82, 2.24) is 0 Å². The smallest absolute Gasteiger partial charge is 0.0871 e. The summed E-state index contributed by atoms with van der Waals surface area (Å²) >= 11 is 0. The Balaban J connectivity index is 1.51. The number of benzene rings is 2. The van der Waals surface area contributed by atoms with Crippen LogP contribution >= 0.6 is 0 Å². The number of halogens is 1. The molecule has 130 valence electrons. The predicted molar refractivity (Wildman–Crippen MR) is 103 cm³/mol. The van der Waals surface area contributed by atoms with Crippen LogP contribution in [0.1, 0.15) is 36.0 Å². The molecule has 2 aromatic rings. The molecule has 0 aliphatic carbocycles. The number of hydrogen-bond donors (Lipinski definition) is 1. The van der Waals surface area contributed by atoms with Crippen LogP contribution < -0.4 is 5.73 Å². The summed E-state index contributed by atoms with van der Waals surface area (Å²) < 4.78 is 12.6. The highest BCUT2D eigenvalue weighted by Crippen LogP contribution is 2.29. The Kier molecular flexibility index (Phi) is 6.13. The van der Waals surface area contributed by atoms with E-state index in [0.29, 0.717) is 18.3 Å². The average Bonchev–Trinajstić information content (AvgIpc) is 3.05. The summed E-state index contributed by atoms with van der Waals surface area (Å²) in [5.41, 5.74) is 12.5. The molecular formula is C22H25FN2. The summed E-state index contributed by atoms with van der Waals surface area (Å²) in [6.45, 7) is 0.288. The third-order valence-corrected chi connectivity index (χ3v) is 4.74. The zero-order valence-corrected chi connectivity index (χ0v) is 14.5. The zero-order valence-electron chi connectivity index (χ0n) is 14.5. The van der Waals surface area contributed by atoms with Crippen LogP contribution in [0.15, 0.2) is 65.4 Å². The molecule has 1 aliphatic heterocycles. The first kappa shape index (κ1) is 17.6. The fourth-order valence-electron chi connectivity index (χ4n) is 3.27. The van der Waals surface area contributed by atoms with Gasteiger partial charge in [0.05, 0.1) is 12.0 Å². The van der Waals surface area contributed by atoms with Crippen LogP contribution in [-0.2, 0) is 19.3 Å². The number of fused-ring (bicyclic) bond motifs is 1. The number of aryl methyl sites for hydroxylation is 2. The summed E-state index contributed by atoms with van der Waals surface area (Å²) in [6, 6.07) is 17.0. The summed E-state index contributed by atoms with van der Waals surface area (Å²) in [4.78, 5) is 4.78. The third kappa shape index (κ3) is 4.86. The van der Waals surface area contributed by atoms with E-state index in [9.17, 15) is 4.39 Å². The predicted octanol–water partition coefficient (Wildman–Crippen LogP) is 5.08. The second-order valence-electron chi connectivity index (χ2n) is 6.63. The highest BCUT2D eigenvalue weighted by molar-refractivity contribution is 5.94. The third-order valence-electron chi connectivity index (χ3n) is 4.74. The Labute approximate surface area is 149 Å². The number of aliphatic imine (C=N–C) groups is 1. The van der Waals surface area contributed by atoms with Gasteiger partial charge in [0.25, 0.3) is 0 Å². The lowest BCUT2D eigenvalue weighted by atomic mass is 9.99. The Hall–Kier alpha value is -2.26. The second kappa shape index (κ2) is 8.72. The molecule has 0 spiro atoms. The van der Waals surface area contributed by atoms with Gasteiger partial charge in [0, 0.05) is 18.7 Å². The zero-order chi connectivity index (χ0) is 17.5. The van der Waals surface area contributed by atoms with E-state index in [4.69, 9.17) is 10.7 Å². The minimum Gasteiger partial charge on any atom is -0.327 e. The van der Waals surface area contributed by atoms with Crippen LogP contribution in [0, 0.1) is 0 Å². The van der Waals surface area contributed by atoms with Crippen LogP contribution in [0.5, 0.6) is 0 Å². The maximum absolute atomic E-state index is 12.6. The molecule has 1 heterocycles. The Morgan fingerprint density at radius 1 is 1.04 bits per heavy atom. The van der Waals surface area contributed by atoms with Gasteiger partial charge in [0.15, 0.2) is 0 Å². The van der Waals surface area contributed by atoms with Gasteiger partial charge in [0.1, 0.15) is 0 Å². The first-order chi connectivity index (χ1) is 12.3. The van der Waals surface area contributed by atoms with Crippen molar-refractivity contribution in [3.8, 4) is 0 Å². The standard InChI is InChI=1S/C22H25FN2/c23-15-19(16-24)10-9-18-11-12-22-20(13-18)14-21(25-22)8-4-7-17-5-2-1-3-6-17/h1-3,5-6,11-13,15H,4,7-10,14,16,24H2/b19-15-. The summed E-state index contributed by atoms with van der Waals surface area (Å²) in [5.74, 6) is 0. The van der Waals surface area contributed by atoms with Gasteiger partial charge in [-0.05, 0) is 60.4 Å². The number of nitrogens with zero attached hydrogens (tertiary/aromatic N) is 1. The molecule has 0 radical (unpaired) electrons. The monoisotopic (exact) mass is 336 g/mol. The average molecular weight is 336 g/mol. The van der Waals surface area contributed by atoms with E-state index in [-0.39, 0.29) is 6.54 Å². The molecule has 0 unspecified atom stereocenters. The van der Waals surface area contributed by atoms with E-state index < -0.39 is 0 Å². The molecule has 0 bridgehead atoms. The van der Waals surface area contributed by atoms with Gasteiger partial charge in [-0.15, -0.1) is 0 Å². The number of hydrogen-bond acceptors (Lipinski definition) is 2. The lowest BCUT2D eigenvalue weighted by molar-refractivity contribution is 0.692. The van der Waals surface area contributed by atoms with E-state index >= 15 is 0 Å². The van der Waals surface area contributed by atoms with Crippen LogP contribution in [0.3, 0.4) is 0 Å². The first-order valence-corrected chi connectivity index (χ1v) is 8.99. The first-order valence-electron chi connectivity index (χ1n) is 8.99. The lowest BCUT2D eigenvalue weighted by Gasteiger charge is -2.05. The molecule has 2 nitrogen and oxygen atoms in total. The van der Waals surface area contributed by atoms with Crippen LogP contribution in [0.2, 0.25) is 0 Å². The van der Waals surface area contributed by atoms with Crippen LogP contribution in [-0.4, -0.2) is 12.3 Å². The quantitative estimate of drug-likeness (QED) is 0.717. The highest BCUT2D eigenvalue weighted by Gasteiger charge is 2.14. The molecule has 25 heavy (non-hydrogen) atoms. The molecule has 1 aliphatic rings. The van der Waals surface area contributed by atoms with Gasteiger partial charge in [-0.25, -0.2) is 4.39 Å². The molecule has 0 fully saturated rings. The molecule has 0 atom stereocenters. The van der Waals surface area contributed by atoms with Crippen LogP contribution in [0.25, 0.3) is 0 Å². The Bertz CT molecular complexity index is 763. The van der Waals surface area contributed by atoms with E-state index in [1.54, 1.807) is 0 Å². The van der Waals surface area contributed by atoms with E-state index in [2.05, 4.69) is 48.5 Å². The van der Waals surface area contributed by atoms with Crippen molar-refractivity contribution in [2.75, 3.05) is 6.54 Å². The fourth-order valence-corrected chi connectivity index (χ4v) is 3.27. The lowest BCUT2D eigenvalue weighted by Crippen LogP contribution is -2.04. The van der Waals surface area contributed by atoms with Gasteiger partial charge in [-0.3, -0.25) is 4.99 Å². The molecule has 0 saturated carbocycles. The van der Waals surface area contributed by atoms with Crippen molar-refractivity contribution in [3.05, 3.63) is 77.1 Å². The molecule has 2 N–H and O–H groups in total. The maximum Gasteiger partial charge on any atom is 0.0871 e. The van der Waals surface area contributed by atoms with Crippen molar-refractivity contribution in [1.29, 1.82) is 0 Å². The topological polar surface area (TPSA) is 38.4 Å². The van der Waals surface area contributed by atoms with Gasteiger partial charge in [-0.1, -0.05) is 42.5 Å².